The molecule has 0 saturated carbocycles. The van der Waals surface area contributed by atoms with E-state index >= 15 is 0 Å². The minimum atomic E-state index is -4.69. The highest BCUT2D eigenvalue weighted by molar-refractivity contribution is 5.86. The lowest BCUT2D eigenvalue weighted by atomic mass is 10.0. The maximum atomic E-state index is 13.0. The Kier molecular flexibility index (Phi) is 5.47. The van der Waals surface area contributed by atoms with Gasteiger partial charge in [0.25, 0.3) is 0 Å². The molecule has 1 aliphatic rings. The molecule has 4 rings (SSSR count). The number of rotatable bonds is 3. The highest BCUT2D eigenvalue weighted by Crippen LogP contribution is 2.28. The first-order chi connectivity index (χ1) is 14.8. The molecule has 0 radical (unpaired) electrons. The molecule has 0 atom stereocenters. The summed E-state index contributed by atoms with van der Waals surface area (Å²) >= 11 is 0. The number of piperidine rings is 1. The second-order valence-corrected chi connectivity index (χ2v) is 7.62. The summed E-state index contributed by atoms with van der Waals surface area (Å²) in [6, 6.07) is 13.1. The van der Waals surface area contributed by atoms with Gasteiger partial charge in [-0.1, -0.05) is 42.5 Å². The van der Waals surface area contributed by atoms with E-state index in [1.165, 1.54) is 0 Å². The van der Waals surface area contributed by atoms with Gasteiger partial charge in [-0.05, 0) is 29.2 Å². The zero-order valence-corrected chi connectivity index (χ0v) is 16.9. The van der Waals surface area contributed by atoms with Crippen LogP contribution in [0.4, 0.5) is 18.0 Å². The van der Waals surface area contributed by atoms with Crippen LogP contribution in [0, 0.1) is 0 Å². The number of nitrogens with zero attached hydrogens (tertiary/aromatic N) is 4. The third-order valence-corrected chi connectivity index (χ3v) is 5.66. The normalized spacial score (nSPS) is 15.4. The third kappa shape index (κ3) is 4.14. The maximum absolute atomic E-state index is 13.0. The largest absolute Gasteiger partial charge is 0.451 e. The van der Waals surface area contributed by atoms with E-state index in [0.29, 0.717) is 37.0 Å². The van der Waals surface area contributed by atoms with Crippen LogP contribution < -0.4 is 11.0 Å². The molecule has 0 spiro atoms. The number of carbonyl (C=O) groups is 1. The molecule has 3 aromatic rings. The fraction of sp³-hybridized carbons (Fsp3) is 0.381. The molecule has 1 N–H and O–H groups in total. The Morgan fingerprint density at radius 3 is 2.48 bits per heavy atom. The van der Waals surface area contributed by atoms with E-state index < -0.39 is 23.7 Å². The van der Waals surface area contributed by atoms with Crippen LogP contribution in [0.25, 0.3) is 10.8 Å². The second-order valence-electron chi connectivity index (χ2n) is 7.62. The van der Waals surface area contributed by atoms with Crippen LogP contribution in [0.1, 0.15) is 30.3 Å². The monoisotopic (exact) mass is 433 g/mol. The lowest BCUT2D eigenvalue weighted by Crippen LogP contribution is -2.45. The molecule has 7 nitrogen and oxygen atoms in total. The Balaban J connectivity index is 1.38. The quantitative estimate of drug-likeness (QED) is 0.689. The molecular formula is C21H22F3N5O2. The van der Waals surface area contributed by atoms with E-state index in [-0.39, 0.29) is 6.03 Å². The van der Waals surface area contributed by atoms with E-state index in [2.05, 4.69) is 10.4 Å². The number of likely N-dealkylation sites (tertiary alicyclic amines) is 1. The molecule has 0 bridgehead atoms. The van der Waals surface area contributed by atoms with Gasteiger partial charge < -0.3 is 10.2 Å². The number of halogens is 3. The predicted octanol–water partition coefficient (Wildman–Crippen LogP) is 3.30. The number of carbonyl (C=O) groups excluding carboxylic acids is 1. The van der Waals surface area contributed by atoms with Crippen molar-refractivity contribution in [3.8, 4) is 0 Å². The summed E-state index contributed by atoms with van der Waals surface area (Å²) in [6.07, 6.45) is -3.98. The number of hydrogen-bond donors (Lipinski definition) is 1. The highest BCUT2D eigenvalue weighted by atomic mass is 19.4. The van der Waals surface area contributed by atoms with Crippen LogP contribution in [-0.2, 0) is 19.8 Å². The Morgan fingerprint density at radius 2 is 1.81 bits per heavy atom. The zero-order chi connectivity index (χ0) is 22.2. The number of amides is 2. The van der Waals surface area contributed by atoms with Crippen molar-refractivity contribution in [2.45, 2.75) is 31.6 Å². The number of hydrogen-bond acceptors (Lipinski definition) is 3. The van der Waals surface area contributed by atoms with Crippen LogP contribution in [-0.4, -0.2) is 38.4 Å². The van der Waals surface area contributed by atoms with Crippen molar-refractivity contribution >= 4 is 16.8 Å². The molecule has 1 aromatic heterocycles. The minimum Gasteiger partial charge on any atom is -0.334 e. The number of urea groups is 1. The predicted molar refractivity (Wildman–Crippen MR) is 108 cm³/mol. The summed E-state index contributed by atoms with van der Waals surface area (Å²) in [5.41, 5.74) is 0.201. The molecule has 31 heavy (non-hydrogen) atoms. The van der Waals surface area contributed by atoms with Crippen molar-refractivity contribution in [1.29, 1.82) is 0 Å². The van der Waals surface area contributed by atoms with Gasteiger partial charge in [0.1, 0.15) is 0 Å². The maximum Gasteiger partial charge on any atom is 0.451 e. The summed E-state index contributed by atoms with van der Waals surface area (Å²) in [5, 5.41) is 8.57. The van der Waals surface area contributed by atoms with Crippen LogP contribution in [0.3, 0.4) is 0 Å². The van der Waals surface area contributed by atoms with E-state index in [0.717, 1.165) is 28.1 Å². The van der Waals surface area contributed by atoms with Gasteiger partial charge in [-0.2, -0.15) is 13.2 Å². The first-order valence-corrected chi connectivity index (χ1v) is 9.98. The van der Waals surface area contributed by atoms with Crippen molar-refractivity contribution < 1.29 is 18.0 Å². The van der Waals surface area contributed by atoms with Gasteiger partial charge in [-0.15, -0.1) is 5.10 Å². The van der Waals surface area contributed by atoms with Crippen LogP contribution in [0.2, 0.25) is 0 Å². The zero-order valence-electron chi connectivity index (χ0n) is 16.9. The van der Waals surface area contributed by atoms with Gasteiger partial charge in [-0.3, -0.25) is 4.57 Å². The smallest absolute Gasteiger partial charge is 0.334 e. The molecule has 1 saturated heterocycles. The minimum absolute atomic E-state index is 0.240. The van der Waals surface area contributed by atoms with E-state index in [1.807, 2.05) is 42.5 Å². The van der Waals surface area contributed by atoms with E-state index in [4.69, 9.17) is 0 Å². The van der Waals surface area contributed by atoms with Gasteiger partial charge in [-0.25, -0.2) is 14.3 Å². The Labute approximate surface area is 176 Å². The summed E-state index contributed by atoms with van der Waals surface area (Å²) in [4.78, 5) is 26.4. The average molecular weight is 433 g/mol. The number of benzene rings is 2. The number of aromatic nitrogens is 3. The van der Waals surface area contributed by atoms with Crippen molar-refractivity contribution in [2.75, 3.05) is 13.1 Å². The van der Waals surface area contributed by atoms with E-state index in [9.17, 15) is 22.8 Å². The fourth-order valence-corrected chi connectivity index (χ4v) is 3.98. The summed E-state index contributed by atoms with van der Waals surface area (Å²) in [5.74, 6) is -1.22. The molecule has 1 aliphatic heterocycles. The average Bonchev–Trinajstić information content (AvgIpc) is 3.07. The van der Waals surface area contributed by atoms with Gasteiger partial charge >= 0.3 is 17.9 Å². The molecule has 164 valence electrons. The lowest BCUT2D eigenvalue weighted by Gasteiger charge is -2.31. The van der Waals surface area contributed by atoms with Crippen LogP contribution in [0.5, 0.6) is 0 Å². The van der Waals surface area contributed by atoms with Crippen molar-refractivity contribution in [2.24, 2.45) is 7.05 Å². The topological polar surface area (TPSA) is 72.2 Å². The van der Waals surface area contributed by atoms with Gasteiger partial charge in [0.05, 0.1) is 6.04 Å². The second kappa shape index (κ2) is 8.09. The molecular weight excluding hydrogens is 411 g/mol. The lowest BCUT2D eigenvalue weighted by molar-refractivity contribution is -0.147. The van der Waals surface area contributed by atoms with Gasteiger partial charge in [0, 0.05) is 26.7 Å². The van der Waals surface area contributed by atoms with Crippen molar-refractivity contribution in [3.63, 3.8) is 0 Å². The van der Waals surface area contributed by atoms with Crippen molar-refractivity contribution in [1.82, 2.24) is 24.6 Å². The summed E-state index contributed by atoms with van der Waals surface area (Å²) < 4.78 is 40.4. The summed E-state index contributed by atoms with van der Waals surface area (Å²) in [6.45, 7) is 1.03. The molecule has 10 heteroatoms. The molecule has 0 unspecified atom stereocenters. The van der Waals surface area contributed by atoms with Crippen LogP contribution in [0.15, 0.2) is 47.3 Å². The molecule has 2 amide bonds. The fourth-order valence-electron chi connectivity index (χ4n) is 3.98. The van der Waals surface area contributed by atoms with Gasteiger partial charge in [0.15, 0.2) is 0 Å². The van der Waals surface area contributed by atoms with Crippen molar-refractivity contribution in [3.05, 3.63) is 64.3 Å². The molecule has 1 fully saturated rings. The summed E-state index contributed by atoms with van der Waals surface area (Å²) in [7, 11) is 1.06. The third-order valence-electron chi connectivity index (χ3n) is 5.66. The first-order valence-electron chi connectivity index (χ1n) is 9.98. The van der Waals surface area contributed by atoms with Gasteiger partial charge in [0.2, 0.25) is 5.82 Å². The van der Waals surface area contributed by atoms with E-state index in [1.54, 1.807) is 4.90 Å². The highest BCUT2D eigenvalue weighted by Gasteiger charge is 2.39. The first kappa shape index (κ1) is 21.0. The number of nitrogens with one attached hydrogen (secondary N) is 1. The molecule has 2 heterocycles. The molecule has 0 aliphatic carbocycles. The Morgan fingerprint density at radius 1 is 1.13 bits per heavy atom. The number of fused-ring (bicyclic) bond motifs is 1. The van der Waals surface area contributed by atoms with Crippen LogP contribution >= 0.6 is 0 Å². The SMILES string of the molecule is Cn1c(C(F)(F)F)nn(C2CCN(C(=O)NCc3cccc4ccccc34)CC2)c1=O. The number of alkyl halides is 3. The molecule has 2 aromatic carbocycles. The standard InChI is InChI=1S/C21H22F3N5O2/c1-27-18(21(22,23)24)26-29(20(27)31)16-9-11-28(12-10-16)19(30)25-13-15-7-4-6-14-5-2-3-8-17(14)15/h2-8,16H,9-13H2,1H3,(H,25,30). The Hall–Kier alpha value is -3.30. The Bertz CT molecular complexity index is 1150.